The number of nitrogens with zero attached hydrogens (tertiary/aromatic N) is 1. The second kappa shape index (κ2) is 8.63. The number of carbonyl (C=O) groups is 2. The molecule has 0 aliphatic carbocycles. The van der Waals surface area contributed by atoms with Crippen LogP contribution in [-0.2, 0) is 4.79 Å². The van der Waals surface area contributed by atoms with Crippen LogP contribution in [0.4, 0.5) is 5.69 Å². The van der Waals surface area contributed by atoms with Gasteiger partial charge in [-0.15, -0.1) is 0 Å². The van der Waals surface area contributed by atoms with Crippen molar-refractivity contribution in [3.05, 3.63) is 59.7 Å². The summed E-state index contributed by atoms with van der Waals surface area (Å²) in [6.07, 6.45) is 1.52. The molecule has 0 unspecified atom stereocenters. The van der Waals surface area contributed by atoms with Crippen molar-refractivity contribution in [1.29, 1.82) is 0 Å². The van der Waals surface area contributed by atoms with Crippen molar-refractivity contribution >= 4 is 23.7 Å². The van der Waals surface area contributed by atoms with Gasteiger partial charge in [-0.05, 0) is 36.4 Å². The van der Waals surface area contributed by atoms with E-state index in [0.29, 0.717) is 17.0 Å². The quantitative estimate of drug-likeness (QED) is 0.627. The summed E-state index contributed by atoms with van der Waals surface area (Å²) in [6, 6.07) is 14.0. The molecule has 2 aromatic carbocycles. The largest absolute Gasteiger partial charge is 0.496 e. The van der Waals surface area contributed by atoms with Crippen LogP contribution in [0.1, 0.15) is 29.8 Å². The average Bonchev–Trinajstić information content (AvgIpc) is 2.62. The standard InChI is InChI=1S/C19H21N3O3/c1-13(2)18(23)21-16-10-8-14(9-11-16)19(24)22-20-12-15-6-4-5-7-17(15)25-3/h4-13H,1-3H3,(H,21,23)(H,22,24)/b20-12+. The molecule has 25 heavy (non-hydrogen) atoms. The van der Waals surface area contributed by atoms with E-state index in [0.717, 1.165) is 5.56 Å². The monoisotopic (exact) mass is 339 g/mol. The summed E-state index contributed by atoms with van der Waals surface area (Å²) >= 11 is 0. The number of hydrogen-bond acceptors (Lipinski definition) is 4. The minimum absolute atomic E-state index is 0.0707. The highest BCUT2D eigenvalue weighted by Crippen LogP contribution is 2.14. The Morgan fingerprint density at radius 3 is 2.40 bits per heavy atom. The predicted molar refractivity (Wildman–Crippen MR) is 98.0 cm³/mol. The summed E-state index contributed by atoms with van der Waals surface area (Å²) in [5.74, 6) is 0.157. The zero-order valence-electron chi connectivity index (χ0n) is 14.4. The summed E-state index contributed by atoms with van der Waals surface area (Å²) in [5.41, 5.74) is 4.32. The van der Waals surface area contributed by atoms with E-state index >= 15 is 0 Å². The Morgan fingerprint density at radius 2 is 1.76 bits per heavy atom. The number of hydrazone groups is 1. The van der Waals surface area contributed by atoms with E-state index in [1.807, 2.05) is 38.1 Å². The summed E-state index contributed by atoms with van der Waals surface area (Å²) < 4.78 is 5.21. The van der Waals surface area contributed by atoms with Crippen molar-refractivity contribution in [2.45, 2.75) is 13.8 Å². The van der Waals surface area contributed by atoms with E-state index in [2.05, 4.69) is 15.8 Å². The minimum Gasteiger partial charge on any atom is -0.496 e. The van der Waals surface area contributed by atoms with Crippen LogP contribution in [0.25, 0.3) is 0 Å². The lowest BCUT2D eigenvalue weighted by atomic mass is 10.1. The first kappa shape index (κ1) is 18.2. The van der Waals surface area contributed by atoms with E-state index in [1.54, 1.807) is 31.4 Å². The van der Waals surface area contributed by atoms with Crippen molar-refractivity contribution in [2.24, 2.45) is 11.0 Å². The molecule has 0 heterocycles. The molecule has 0 bridgehead atoms. The van der Waals surface area contributed by atoms with Crippen LogP contribution >= 0.6 is 0 Å². The van der Waals surface area contributed by atoms with Crippen molar-refractivity contribution in [1.82, 2.24) is 5.43 Å². The first-order valence-electron chi connectivity index (χ1n) is 7.88. The van der Waals surface area contributed by atoms with Crippen LogP contribution in [0, 0.1) is 5.92 Å². The number of hydrogen-bond donors (Lipinski definition) is 2. The Kier molecular flexibility index (Phi) is 6.28. The fourth-order valence-electron chi connectivity index (χ4n) is 1.99. The lowest BCUT2D eigenvalue weighted by Gasteiger charge is -2.08. The lowest BCUT2D eigenvalue weighted by Crippen LogP contribution is -2.19. The summed E-state index contributed by atoms with van der Waals surface area (Å²) in [7, 11) is 1.57. The highest BCUT2D eigenvalue weighted by molar-refractivity contribution is 5.96. The number of ether oxygens (including phenoxy) is 1. The second-order valence-corrected chi connectivity index (χ2v) is 5.66. The van der Waals surface area contributed by atoms with Gasteiger partial charge in [0.2, 0.25) is 5.91 Å². The molecule has 0 aromatic heterocycles. The minimum atomic E-state index is -0.340. The van der Waals surface area contributed by atoms with E-state index in [4.69, 9.17) is 4.74 Å². The Balaban J connectivity index is 1.97. The van der Waals surface area contributed by atoms with Crippen molar-refractivity contribution in [3.63, 3.8) is 0 Å². The van der Waals surface area contributed by atoms with Crippen molar-refractivity contribution in [3.8, 4) is 5.75 Å². The van der Waals surface area contributed by atoms with E-state index in [1.165, 1.54) is 6.21 Å². The number of para-hydroxylation sites is 1. The maximum atomic E-state index is 12.1. The first-order chi connectivity index (χ1) is 12.0. The predicted octanol–water partition coefficient (Wildman–Crippen LogP) is 3.05. The Labute approximate surface area is 146 Å². The third-order valence-corrected chi connectivity index (χ3v) is 3.45. The van der Waals surface area contributed by atoms with Gasteiger partial charge < -0.3 is 10.1 Å². The fourth-order valence-corrected chi connectivity index (χ4v) is 1.99. The molecule has 2 aromatic rings. The van der Waals surface area contributed by atoms with E-state index in [9.17, 15) is 9.59 Å². The molecule has 0 aliphatic heterocycles. The summed E-state index contributed by atoms with van der Waals surface area (Å²) in [6.45, 7) is 3.63. The average molecular weight is 339 g/mol. The molecular formula is C19H21N3O3. The van der Waals surface area contributed by atoms with E-state index in [-0.39, 0.29) is 17.7 Å². The zero-order chi connectivity index (χ0) is 18.2. The number of methoxy groups -OCH3 is 1. The highest BCUT2D eigenvalue weighted by atomic mass is 16.5. The van der Waals surface area contributed by atoms with Crippen LogP contribution < -0.4 is 15.5 Å². The van der Waals surface area contributed by atoms with Gasteiger partial charge in [-0.2, -0.15) is 5.10 Å². The molecule has 0 saturated carbocycles. The van der Waals surface area contributed by atoms with Gasteiger partial charge in [0.1, 0.15) is 5.75 Å². The third kappa shape index (κ3) is 5.17. The van der Waals surface area contributed by atoms with Gasteiger partial charge in [-0.1, -0.05) is 26.0 Å². The molecule has 0 atom stereocenters. The molecule has 0 spiro atoms. The molecule has 0 saturated heterocycles. The number of anilines is 1. The highest BCUT2D eigenvalue weighted by Gasteiger charge is 2.08. The van der Waals surface area contributed by atoms with Crippen LogP contribution in [0.5, 0.6) is 5.75 Å². The molecule has 0 radical (unpaired) electrons. The zero-order valence-corrected chi connectivity index (χ0v) is 14.4. The maximum absolute atomic E-state index is 12.1. The van der Waals surface area contributed by atoms with Crippen LogP contribution in [0.15, 0.2) is 53.6 Å². The third-order valence-electron chi connectivity index (χ3n) is 3.45. The number of carbonyl (C=O) groups excluding carboxylic acids is 2. The number of amides is 2. The maximum Gasteiger partial charge on any atom is 0.271 e. The molecule has 6 nitrogen and oxygen atoms in total. The smallest absolute Gasteiger partial charge is 0.271 e. The molecule has 0 aliphatic rings. The van der Waals surface area contributed by atoms with Gasteiger partial charge in [-0.3, -0.25) is 9.59 Å². The Hall–Kier alpha value is -3.15. The van der Waals surface area contributed by atoms with Gasteiger partial charge in [0, 0.05) is 22.7 Å². The van der Waals surface area contributed by atoms with Crippen molar-refractivity contribution < 1.29 is 14.3 Å². The molecule has 130 valence electrons. The van der Waals surface area contributed by atoms with Crippen molar-refractivity contribution in [2.75, 3.05) is 12.4 Å². The Morgan fingerprint density at radius 1 is 1.08 bits per heavy atom. The molecule has 2 rings (SSSR count). The van der Waals surface area contributed by atoms with Gasteiger partial charge >= 0.3 is 0 Å². The van der Waals surface area contributed by atoms with Gasteiger partial charge in [-0.25, -0.2) is 5.43 Å². The number of rotatable bonds is 6. The van der Waals surface area contributed by atoms with Gasteiger partial charge in [0.15, 0.2) is 0 Å². The number of nitrogens with one attached hydrogen (secondary N) is 2. The van der Waals surface area contributed by atoms with Crippen LogP contribution in [0.2, 0.25) is 0 Å². The SMILES string of the molecule is COc1ccccc1/C=N/NC(=O)c1ccc(NC(=O)C(C)C)cc1. The summed E-state index contributed by atoms with van der Waals surface area (Å²) in [4.78, 5) is 23.7. The van der Waals surface area contributed by atoms with Crippen LogP contribution in [0.3, 0.4) is 0 Å². The van der Waals surface area contributed by atoms with Crippen LogP contribution in [-0.4, -0.2) is 25.1 Å². The lowest BCUT2D eigenvalue weighted by molar-refractivity contribution is -0.118. The molecular weight excluding hydrogens is 318 g/mol. The molecule has 2 amide bonds. The van der Waals surface area contributed by atoms with Gasteiger partial charge in [0.25, 0.3) is 5.91 Å². The normalized spacial score (nSPS) is 10.7. The fraction of sp³-hybridized carbons (Fsp3) is 0.211. The van der Waals surface area contributed by atoms with Gasteiger partial charge in [0.05, 0.1) is 13.3 Å². The topological polar surface area (TPSA) is 79.8 Å². The second-order valence-electron chi connectivity index (χ2n) is 5.66. The van der Waals surface area contributed by atoms with E-state index < -0.39 is 0 Å². The number of benzene rings is 2. The molecule has 0 fully saturated rings. The molecule has 2 N–H and O–H groups in total. The first-order valence-corrected chi connectivity index (χ1v) is 7.88. The summed E-state index contributed by atoms with van der Waals surface area (Å²) in [5, 5.41) is 6.72. The molecule has 6 heteroatoms. The Bertz CT molecular complexity index is 768.